The van der Waals surface area contributed by atoms with Crippen LogP contribution in [-0.4, -0.2) is 48.6 Å². The Morgan fingerprint density at radius 3 is 2.70 bits per heavy atom. The molecule has 0 aromatic carbocycles. The standard InChI is InChI=1S/C15H26N2O3/c1-10(2)14-15(19)17(8-7-13(18)16-14)11-5-4-6-12(9-11)20-3/h10-12,14H,4-9H2,1-3H3,(H,16,18). The van der Waals surface area contributed by atoms with Crippen molar-refractivity contribution in [2.75, 3.05) is 13.7 Å². The van der Waals surface area contributed by atoms with Crippen LogP contribution in [0.25, 0.3) is 0 Å². The fraction of sp³-hybridized carbons (Fsp3) is 0.867. The molecule has 1 heterocycles. The van der Waals surface area contributed by atoms with Gasteiger partial charge in [-0.3, -0.25) is 9.59 Å². The van der Waals surface area contributed by atoms with Gasteiger partial charge in [0.2, 0.25) is 11.8 Å². The molecule has 3 unspecified atom stereocenters. The zero-order valence-corrected chi connectivity index (χ0v) is 12.7. The summed E-state index contributed by atoms with van der Waals surface area (Å²) in [6, 6.07) is -0.164. The number of carbonyl (C=O) groups is 2. The lowest BCUT2D eigenvalue weighted by atomic mass is 9.90. The summed E-state index contributed by atoms with van der Waals surface area (Å²) in [7, 11) is 1.74. The summed E-state index contributed by atoms with van der Waals surface area (Å²) in [5, 5.41) is 2.86. The van der Waals surface area contributed by atoms with Crippen LogP contribution in [0.1, 0.15) is 46.0 Å². The van der Waals surface area contributed by atoms with Gasteiger partial charge in [-0.2, -0.15) is 0 Å². The second-order valence-electron chi connectivity index (χ2n) is 6.25. The summed E-state index contributed by atoms with van der Waals surface area (Å²) in [5.74, 6) is 0.181. The molecule has 2 rings (SSSR count). The highest BCUT2D eigenvalue weighted by Crippen LogP contribution is 2.27. The maximum Gasteiger partial charge on any atom is 0.245 e. The average molecular weight is 282 g/mol. The van der Waals surface area contributed by atoms with Gasteiger partial charge in [0.15, 0.2) is 0 Å². The van der Waals surface area contributed by atoms with Crippen LogP contribution in [0.15, 0.2) is 0 Å². The number of hydrogen-bond donors (Lipinski definition) is 1. The second kappa shape index (κ2) is 6.57. The third kappa shape index (κ3) is 3.32. The lowest BCUT2D eigenvalue weighted by Crippen LogP contribution is -2.52. The van der Waals surface area contributed by atoms with E-state index in [-0.39, 0.29) is 35.9 Å². The first-order chi connectivity index (χ1) is 9.52. The average Bonchev–Trinajstić information content (AvgIpc) is 2.58. The van der Waals surface area contributed by atoms with Gasteiger partial charge in [0, 0.05) is 26.1 Å². The van der Waals surface area contributed by atoms with Crippen molar-refractivity contribution in [3.8, 4) is 0 Å². The molecule has 3 atom stereocenters. The van der Waals surface area contributed by atoms with Crippen molar-refractivity contribution in [2.45, 2.75) is 64.1 Å². The topological polar surface area (TPSA) is 58.6 Å². The molecule has 1 N–H and O–H groups in total. The van der Waals surface area contributed by atoms with Crippen LogP contribution < -0.4 is 5.32 Å². The summed E-state index contributed by atoms with van der Waals surface area (Å²) in [4.78, 5) is 26.4. The molecular formula is C15H26N2O3. The quantitative estimate of drug-likeness (QED) is 0.849. The summed E-state index contributed by atoms with van der Waals surface area (Å²) in [6.07, 6.45) is 4.71. The van der Waals surface area contributed by atoms with Crippen LogP contribution in [0.3, 0.4) is 0 Å². The van der Waals surface area contributed by atoms with Crippen molar-refractivity contribution in [2.24, 2.45) is 5.92 Å². The van der Waals surface area contributed by atoms with E-state index >= 15 is 0 Å². The van der Waals surface area contributed by atoms with Crippen molar-refractivity contribution in [1.29, 1.82) is 0 Å². The number of carbonyl (C=O) groups excluding carboxylic acids is 2. The van der Waals surface area contributed by atoms with Gasteiger partial charge in [-0.25, -0.2) is 0 Å². The number of nitrogens with one attached hydrogen (secondary N) is 1. The molecular weight excluding hydrogens is 256 g/mol. The minimum Gasteiger partial charge on any atom is -0.381 e. The lowest BCUT2D eigenvalue weighted by molar-refractivity contribution is -0.138. The van der Waals surface area contributed by atoms with E-state index in [4.69, 9.17) is 4.74 Å². The molecule has 114 valence electrons. The van der Waals surface area contributed by atoms with Gasteiger partial charge in [-0.1, -0.05) is 13.8 Å². The van der Waals surface area contributed by atoms with Crippen LogP contribution in [-0.2, 0) is 14.3 Å². The predicted octanol–water partition coefficient (Wildman–Crippen LogP) is 1.32. The first kappa shape index (κ1) is 15.3. The minimum absolute atomic E-state index is 0.0151. The Bertz CT molecular complexity index is 370. The Balaban J connectivity index is 2.12. The van der Waals surface area contributed by atoms with Crippen LogP contribution in [0.4, 0.5) is 0 Å². The van der Waals surface area contributed by atoms with Crippen LogP contribution in [0.5, 0.6) is 0 Å². The summed E-state index contributed by atoms with van der Waals surface area (Å²) >= 11 is 0. The number of hydrogen-bond acceptors (Lipinski definition) is 3. The highest BCUT2D eigenvalue weighted by Gasteiger charge is 2.37. The van der Waals surface area contributed by atoms with Crippen molar-refractivity contribution in [1.82, 2.24) is 10.2 Å². The highest BCUT2D eigenvalue weighted by atomic mass is 16.5. The van der Waals surface area contributed by atoms with E-state index in [2.05, 4.69) is 5.32 Å². The van der Waals surface area contributed by atoms with Crippen molar-refractivity contribution in [3.63, 3.8) is 0 Å². The summed E-state index contributed by atoms with van der Waals surface area (Å²) in [5.41, 5.74) is 0. The Kier molecular flexibility index (Phi) is 5.02. The van der Waals surface area contributed by atoms with Crippen molar-refractivity contribution >= 4 is 11.8 Å². The van der Waals surface area contributed by atoms with E-state index in [1.807, 2.05) is 18.7 Å². The lowest BCUT2D eigenvalue weighted by Gasteiger charge is -2.38. The van der Waals surface area contributed by atoms with Gasteiger partial charge >= 0.3 is 0 Å². The first-order valence-electron chi connectivity index (χ1n) is 7.65. The molecule has 1 aliphatic heterocycles. The smallest absolute Gasteiger partial charge is 0.245 e. The predicted molar refractivity (Wildman–Crippen MR) is 76.2 cm³/mol. The molecule has 2 aliphatic rings. The fourth-order valence-electron chi connectivity index (χ4n) is 3.25. The molecule has 0 radical (unpaired) electrons. The Morgan fingerprint density at radius 1 is 1.30 bits per heavy atom. The van der Waals surface area contributed by atoms with Crippen LogP contribution >= 0.6 is 0 Å². The van der Waals surface area contributed by atoms with E-state index in [9.17, 15) is 9.59 Å². The molecule has 2 fully saturated rings. The molecule has 2 amide bonds. The van der Waals surface area contributed by atoms with E-state index in [0.717, 1.165) is 25.7 Å². The van der Waals surface area contributed by atoms with E-state index in [0.29, 0.717) is 13.0 Å². The maximum atomic E-state index is 12.7. The minimum atomic E-state index is -0.382. The molecule has 1 saturated heterocycles. The Morgan fingerprint density at radius 2 is 2.05 bits per heavy atom. The fourth-order valence-corrected chi connectivity index (χ4v) is 3.25. The third-order valence-corrected chi connectivity index (χ3v) is 4.48. The van der Waals surface area contributed by atoms with E-state index in [1.54, 1.807) is 7.11 Å². The zero-order valence-electron chi connectivity index (χ0n) is 12.7. The molecule has 0 bridgehead atoms. The van der Waals surface area contributed by atoms with Gasteiger partial charge in [0.25, 0.3) is 0 Å². The van der Waals surface area contributed by atoms with Crippen molar-refractivity contribution in [3.05, 3.63) is 0 Å². The van der Waals surface area contributed by atoms with Gasteiger partial charge in [-0.05, 0) is 31.6 Å². The zero-order chi connectivity index (χ0) is 14.7. The summed E-state index contributed by atoms with van der Waals surface area (Å²) < 4.78 is 5.45. The monoisotopic (exact) mass is 282 g/mol. The maximum absolute atomic E-state index is 12.7. The molecule has 1 aliphatic carbocycles. The van der Waals surface area contributed by atoms with E-state index < -0.39 is 0 Å². The third-order valence-electron chi connectivity index (χ3n) is 4.48. The Hall–Kier alpha value is -1.10. The number of nitrogens with zero attached hydrogens (tertiary/aromatic N) is 1. The number of methoxy groups -OCH3 is 1. The van der Waals surface area contributed by atoms with Gasteiger partial charge in [-0.15, -0.1) is 0 Å². The highest BCUT2D eigenvalue weighted by molar-refractivity contribution is 5.90. The number of amides is 2. The van der Waals surface area contributed by atoms with Crippen LogP contribution in [0.2, 0.25) is 0 Å². The molecule has 1 saturated carbocycles. The van der Waals surface area contributed by atoms with Gasteiger partial charge in [0.05, 0.1) is 6.10 Å². The molecule has 5 heteroatoms. The molecule has 5 nitrogen and oxygen atoms in total. The second-order valence-corrected chi connectivity index (χ2v) is 6.25. The number of ether oxygens (including phenoxy) is 1. The Labute approximate surface area is 121 Å². The summed E-state index contributed by atoms with van der Waals surface area (Å²) in [6.45, 7) is 4.49. The largest absolute Gasteiger partial charge is 0.381 e. The van der Waals surface area contributed by atoms with Gasteiger partial charge in [0.1, 0.15) is 6.04 Å². The number of rotatable bonds is 3. The molecule has 0 aromatic heterocycles. The van der Waals surface area contributed by atoms with Crippen LogP contribution in [0, 0.1) is 5.92 Å². The van der Waals surface area contributed by atoms with Gasteiger partial charge < -0.3 is 15.0 Å². The molecule has 20 heavy (non-hydrogen) atoms. The van der Waals surface area contributed by atoms with Crippen molar-refractivity contribution < 1.29 is 14.3 Å². The first-order valence-corrected chi connectivity index (χ1v) is 7.65. The van der Waals surface area contributed by atoms with E-state index in [1.165, 1.54) is 0 Å². The SMILES string of the molecule is COC1CCCC(N2CCC(=O)NC(C(C)C)C2=O)C1. The molecule has 0 spiro atoms. The normalized spacial score (nSPS) is 32.2. The molecule has 0 aromatic rings.